The second-order valence-electron chi connectivity index (χ2n) is 2.95. The van der Waals surface area contributed by atoms with E-state index in [1.807, 2.05) is 18.3 Å². The Morgan fingerprint density at radius 3 is 3.08 bits per heavy atom. The first-order valence-electron chi connectivity index (χ1n) is 4.31. The SMILES string of the molecule is N#CC(=C1CCCO1)c1ccc[nH]1. The molecule has 0 atom stereocenters. The van der Waals surface area contributed by atoms with E-state index in [-0.39, 0.29) is 0 Å². The number of rotatable bonds is 1. The van der Waals surface area contributed by atoms with Gasteiger partial charge in [0.2, 0.25) is 0 Å². The number of hydrogen-bond donors (Lipinski definition) is 1. The lowest BCUT2D eigenvalue weighted by Gasteiger charge is -2.00. The molecule has 0 bridgehead atoms. The first-order valence-corrected chi connectivity index (χ1v) is 4.31. The smallest absolute Gasteiger partial charge is 0.116 e. The van der Waals surface area contributed by atoms with E-state index in [4.69, 9.17) is 10.00 Å². The van der Waals surface area contributed by atoms with Crippen LogP contribution in [0.5, 0.6) is 0 Å². The lowest BCUT2D eigenvalue weighted by atomic mass is 10.1. The van der Waals surface area contributed by atoms with Crippen LogP contribution in [0.15, 0.2) is 24.1 Å². The van der Waals surface area contributed by atoms with Crippen molar-refractivity contribution >= 4 is 5.57 Å². The molecule has 0 aliphatic carbocycles. The summed E-state index contributed by atoms with van der Waals surface area (Å²) in [6.45, 7) is 0.737. The third-order valence-corrected chi connectivity index (χ3v) is 2.08. The van der Waals surface area contributed by atoms with Gasteiger partial charge in [-0.3, -0.25) is 0 Å². The fourth-order valence-electron chi connectivity index (χ4n) is 1.46. The van der Waals surface area contributed by atoms with E-state index in [9.17, 15) is 0 Å². The zero-order chi connectivity index (χ0) is 9.10. The molecule has 1 aromatic rings. The molecule has 0 amide bonds. The Hall–Kier alpha value is -1.69. The van der Waals surface area contributed by atoms with Crippen LogP contribution < -0.4 is 0 Å². The maximum Gasteiger partial charge on any atom is 0.116 e. The quantitative estimate of drug-likeness (QED) is 0.662. The monoisotopic (exact) mass is 174 g/mol. The highest BCUT2D eigenvalue weighted by molar-refractivity contribution is 5.76. The van der Waals surface area contributed by atoms with Crippen molar-refractivity contribution in [1.82, 2.24) is 4.98 Å². The van der Waals surface area contributed by atoms with Crippen molar-refractivity contribution in [3.8, 4) is 6.07 Å². The van der Waals surface area contributed by atoms with Crippen molar-refractivity contribution in [2.24, 2.45) is 0 Å². The number of hydrogen-bond acceptors (Lipinski definition) is 2. The molecule has 0 spiro atoms. The molecule has 1 aliphatic heterocycles. The van der Waals surface area contributed by atoms with E-state index >= 15 is 0 Å². The van der Waals surface area contributed by atoms with Crippen molar-refractivity contribution in [2.75, 3.05) is 6.61 Å². The van der Waals surface area contributed by atoms with E-state index in [1.165, 1.54) is 0 Å². The Morgan fingerprint density at radius 2 is 2.54 bits per heavy atom. The average Bonchev–Trinajstić information content (AvgIpc) is 2.76. The number of ether oxygens (including phenoxy) is 1. The zero-order valence-corrected chi connectivity index (χ0v) is 7.21. The number of H-pyrrole nitrogens is 1. The number of aromatic amines is 1. The molecular formula is C10H10N2O. The molecule has 3 nitrogen and oxygen atoms in total. The van der Waals surface area contributed by atoms with Crippen LogP contribution in [-0.4, -0.2) is 11.6 Å². The largest absolute Gasteiger partial charge is 0.496 e. The second kappa shape index (κ2) is 3.36. The molecule has 0 saturated carbocycles. The van der Waals surface area contributed by atoms with Gasteiger partial charge < -0.3 is 9.72 Å². The number of nitrogens with one attached hydrogen (secondary N) is 1. The maximum atomic E-state index is 8.95. The van der Waals surface area contributed by atoms with Crippen molar-refractivity contribution in [3.63, 3.8) is 0 Å². The van der Waals surface area contributed by atoms with Gasteiger partial charge in [-0.05, 0) is 18.6 Å². The molecule has 2 rings (SSSR count). The van der Waals surface area contributed by atoms with Crippen molar-refractivity contribution in [3.05, 3.63) is 29.8 Å². The van der Waals surface area contributed by atoms with E-state index in [0.717, 1.165) is 30.9 Å². The minimum Gasteiger partial charge on any atom is -0.496 e. The fourth-order valence-corrected chi connectivity index (χ4v) is 1.46. The Labute approximate surface area is 76.6 Å². The third kappa shape index (κ3) is 1.43. The Morgan fingerprint density at radius 1 is 1.62 bits per heavy atom. The van der Waals surface area contributed by atoms with Gasteiger partial charge in [-0.2, -0.15) is 5.26 Å². The normalized spacial score (nSPS) is 19.3. The lowest BCUT2D eigenvalue weighted by molar-refractivity contribution is 0.265. The summed E-state index contributed by atoms with van der Waals surface area (Å²) in [5, 5.41) is 8.95. The third-order valence-electron chi connectivity index (χ3n) is 2.08. The van der Waals surface area contributed by atoms with Gasteiger partial charge in [-0.1, -0.05) is 0 Å². The summed E-state index contributed by atoms with van der Waals surface area (Å²) in [5.41, 5.74) is 1.49. The standard InChI is InChI=1S/C10H10N2O/c11-7-8(9-3-1-5-12-9)10-4-2-6-13-10/h1,3,5,12H,2,4,6H2. The van der Waals surface area contributed by atoms with Crippen LogP contribution in [0.3, 0.4) is 0 Å². The van der Waals surface area contributed by atoms with Crippen molar-refractivity contribution < 1.29 is 4.74 Å². The summed E-state index contributed by atoms with van der Waals surface area (Å²) < 4.78 is 5.37. The zero-order valence-electron chi connectivity index (χ0n) is 7.21. The first-order chi connectivity index (χ1) is 6.42. The molecule has 1 fully saturated rings. The van der Waals surface area contributed by atoms with Crippen molar-refractivity contribution in [1.29, 1.82) is 5.26 Å². The second-order valence-corrected chi connectivity index (χ2v) is 2.95. The van der Waals surface area contributed by atoms with E-state index < -0.39 is 0 Å². The van der Waals surface area contributed by atoms with E-state index in [0.29, 0.717) is 5.57 Å². The van der Waals surface area contributed by atoms with Crippen LogP contribution in [0.1, 0.15) is 18.5 Å². The first kappa shape index (κ1) is 7.93. The van der Waals surface area contributed by atoms with Crippen LogP contribution in [0.4, 0.5) is 0 Å². The summed E-state index contributed by atoms with van der Waals surface area (Å²) in [5.74, 6) is 0.824. The van der Waals surface area contributed by atoms with Gasteiger partial charge >= 0.3 is 0 Å². The van der Waals surface area contributed by atoms with Crippen LogP contribution in [0.2, 0.25) is 0 Å². The molecule has 3 heteroatoms. The minimum absolute atomic E-state index is 0.641. The van der Waals surface area contributed by atoms with Crippen LogP contribution >= 0.6 is 0 Å². The summed E-state index contributed by atoms with van der Waals surface area (Å²) in [6.07, 6.45) is 3.70. The summed E-state index contributed by atoms with van der Waals surface area (Å²) in [7, 11) is 0. The summed E-state index contributed by atoms with van der Waals surface area (Å²) in [6, 6.07) is 5.93. The minimum atomic E-state index is 0.641. The van der Waals surface area contributed by atoms with Gasteiger partial charge in [-0.25, -0.2) is 0 Å². The number of nitriles is 1. The van der Waals surface area contributed by atoms with Gasteiger partial charge in [0.25, 0.3) is 0 Å². The predicted octanol–water partition coefficient (Wildman–Crippen LogP) is 2.06. The van der Waals surface area contributed by atoms with E-state index in [2.05, 4.69) is 11.1 Å². The molecule has 66 valence electrons. The van der Waals surface area contributed by atoms with Crippen LogP contribution in [0, 0.1) is 11.3 Å². The Bertz CT molecular complexity index is 349. The summed E-state index contributed by atoms with van der Waals surface area (Å²) in [4.78, 5) is 3.00. The number of nitrogens with zero attached hydrogens (tertiary/aromatic N) is 1. The molecule has 0 aromatic carbocycles. The molecule has 1 aliphatic rings. The number of allylic oxidation sites excluding steroid dienone is 2. The van der Waals surface area contributed by atoms with Gasteiger partial charge in [0.05, 0.1) is 12.3 Å². The molecule has 13 heavy (non-hydrogen) atoms. The van der Waals surface area contributed by atoms with Gasteiger partial charge in [0, 0.05) is 12.6 Å². The topological polar surface area (TPSA) is 48.8 Å². The molecule has 1 N–H and O–H groups in total. The Kier molecular flexibility index (Phi) is 2.05. The molecule has 0 unspecified atom stereocenters. The molecule has 0 radical (unpaired) electrons. The lowest BCUT2D eigenvalue weighted by Crippen LogP contribution is -1.88. The van der Waals surface area contributed by atoms with Crippen LogP contribution in [0.25, 0.3) is 5.57 Å². The molecule has 1 saturated heterocycles. The van der Waals surface area contributed by atoms with Crippen LogP contribution in [-0.2, 0) is 4.74 Å². The molecule has 1 aromatic heterocycles. The highest BCUT2D eigenvalue weighted by Crippen LogP contribution is 2.25. The van der Waals surface area contributed by atoms with Crippen molar-refractivity contribution in [2.45, 2.75) is 12.8 Å². The highest BCUT2D eigenvalue weighted by Gasteiger charge is 2.15. The number of aromatic nitrogens is 1. The van der Waals surface area contributed by atoms with Gasteiger partial charge in [0.1, 0.15) is 17.4 Å². The summed E-state index contributed by atoms with van der Waals surface area (Å²) >= 11 is 0. The maximum absolute atomic E-state index is 8.95. The molecule has 2 heterocycles. The average molecular weight is 174 g/mol. The predicted molar refractivity (Wildman–Crippen MR) is 48.5 cm³/mol. The fraction of sp³-hybridized carbons (Fsp3) is 0.300. The van der Waals surface area contributed by atoms with Gasteiger partial charge in [0.15, 0.2) is 0 Å². The Balaban J connectivity index is 2.39. The highest BCUT2D eigenvalue weighted by atomic mass is 16.5. The van der Waals surface area contributed by atoms with Gasteiger partial charge in [-0.15, -0.1) is 0 Å². The molecular weight excluding hydrogens is 164 g/mol. The van der Waals surface area contributed by atoms with E-state index in [1.54, 1.807) is 0 Å².